The van der Waals surface area contributed by atoms with Gasteiger partial charge in [0, 0.05) is 30.2 Å². The minimum Gasteiger partial charge on any atom is -0.508 e. The number of hydrogen-bond donors (Lipinski definition) is 6. The van der Waals surface area contributed by atoms with E-state index in [9.17, 15) is 5.11 Å². The maximum absolute atomic E-state index is 9.41. The van der Waals surface area contributed by atoms with Crippen molar-refractivity contribution in [2.75, 3.05) is 6.54 Å². The molecule has 39 heavy (non-hydrogen) atoms. The molecule has 0 bridgehead atoms. The number of aliphatic imine (C=N–C) groups is 1. The largest absolute Gasteiger partial charge is 1.00 e. The van der Waals surface area contributed by atoms with Crippen molar-refractivity contribution in [1.82, 2.24) is 15.5 Å². The molecule has 1 atom stereocenters. The third kappa shape index (κ3) is 10.6. The van der Waals surface area contributed by atoms with Crippen molar-refractivity contribution in [3.63, 3.8) is 0 Å². The van der Waals surface area contributed by atoms with E-state index in [4.69, 9.17) is 11.5 Å². The number of nitrogens with zero attached hydrogens (tertiary/aromatic N) is 2. The molecule has 1 unspecified atom stereocenters. The number of phenolic OH excluding ortho intramolecular Hbond substituents is 1. The normalized spacial score (nSPS) is 12.5. The van der Waals surface area contributed by atoms with Crippen LogP contribution in [0.25, 0.3) is 0 Å². The van der Waals surface area contributed by atoms with Gasteiger partial charge in [-0.1, -0.05) is 61.7 Å². The van der Waals surface area contributed by atoms with Crippen LogP contribution >= 0.6 is 12.6 Å². The van der Waals surface area contributed by atoms with Crippen LogP contribution in [-0.4, -0.2) is 22.5 Å². The average Bonchev–Trinajstić information content (AvgIpc) is 3.30. The van der Waals surface area contributed by atoms with Gasteiger partial charge in [-0.2, -0.15) is 0 Å². The van der Waals surface area contributed by atoms with E-state index in [2.05, 4.69) is 89.6 Å². The number of nitrogens with two attached hydrogens (primary N) is 2. The van der Waals surface area contributed by atoms with Crippen molar-refractivity contribution in [2.24, 2.45) is 16.5 Å². The molecule has 0 radical (unpaired) electrons. The second kappa shape index (κ2) is 16.7. The Morgan fingerprint density at radius 3 is 2.33 bits per heavy atom. The maximum atomic E-state index is 9.41. The number of fused-ring (bicyclic) bond motifs is 1. The summed E-state index contributed by atoms with van der Waals surface area (Å²) in [5.74, 6) is 0.365. The third-order valence-corrected chi connectivity index (χ3v) is 6.21. The number of rotatable bonds is 10. The Morgan fingerprint density at radius 1 is 1.05 bits per heavy atom. The molecule has 0 amide bonds. The molecule has 200 valence electrons. The van der Waals surface area contributed by atoms with E-state index in [0.29, 0.717) is 13.1 Å². The van der Waals surface area contributed by atoms with Gasteiger partial charge in [-0.05, 0) is 46.5 Å². The van der Waals surface area contributed by atoms with Gasteiger partial charge in [-0.15, -0.1) is 24.9 Å². The van der Waals surface area contributed by atoms with Crippen LogP contribution < -0.4 is 73.5 Å². The molecule has 0 spiro atoms. The number of benzene rings is 3. The smallest absolute Gasteiger partial charge is 0.508 e. The number of thiol groups is 1. The minimum atomic E-state index is 0. The molecule has 1 aliphatic heterocycles. The summed E-state index contributed by atoms with van der Waals surface area (Å²) < 4.78 is 0. The first-order valence-electron chi connectivity index (χ1n) is 12.2. The fourth-order valence-corrected chi connectivity index (χ4v) is 4.36. The van der Waals surface area contributed by atoms with Crippen LogP contribution in [0.3, 0.4) is 0 Å². The Balaban J connectivity index is 0.000000687. The molecule has 1 aliphatic rings. The maximum Gasteiger partial charge on any atom is 1.00 e. The molecule has 0 aliphatic carbocycles. The van der Waals surface area contributed by atoms with Crippen LogP contribution in [0.15, 0.2) is 107 Å². The number of phenols is 1. The number of hydrogen-bond acceptors (Lipinski definition) is 6. The Labute approximate surface area is 280 Å². The van der Waals surface area contributed by atoms with E-state index in [-0.39, 0.29) is 69.1 Å². The summed E-state index contributed by atoms with van der Waals surface area (Å²) in [7, 11) is 0. The van der Waals surface area contributed by atoms with Gasteiger partial charge in [0.25, 0.3) is 0 Å². The van der Waals surface area contributed by atoms with Gasteiger partial charge in [0.2, 0.25) is 0 Å². The van der Waals surface area contributed by atoms with Gasteiger partial charge in [0.05, 0.1) is 6.04 Å². The standard InChI is InChI=1S/C27H28N3OS.C3H8N3.K/c1-19(28-16-21-8-11-25(31)12-9-21)15-29-20(2)27(22-6-4-3-5-7-22)30-17-23-10-13-26(32)14-24(23)18-30;1-2-6-3(4)5;/h3-15,27-29,31-32H,1-2,16-18H2;1-2H2,(H4,4,5,6);/q2*-1;+1. The van der Waals surface area contributed by atoms with E-state index in [1.807, 2.05) is 30.8 Å². The molecule has 9 heteroatoms. The van der Waals surface area contributed by atoms with E-state index < -0.39 is 0 Å². The van der Waals surface area contributed by atoms with Gasteiger partial charge in [0.15, 0.2) is 5.96 Å². The van der Waals surface area contributed by atoms with Gasteiger partial charge in [-0.3, -0.25) is 9.89 Å². The van der Waals surface area contributed by atoms with E-state index in [0.717, 1.165) is 34.9 Å². The fourth-order valence-electron chi connectivity index (χ4n) is 4.13. The van der Waals surface area contributed by atoms with Crippen LogP contribution in [0, 0.1) is 13.5 Å². The van der Waals surface area contributed by atoms with Crippen LogP contribution in [0.2, 0.25) is 0 Å². The van der Waals surface area contributed by atoms with Gasteiger partial charge in [0.1, 0.15) is 5.75 Å². The summed E-state index contributed by atoms with van der Waals surface area (Å²) in [6.07, 6.45) is 0. The monoisotopic (exact) mass is 567 g/mol. The van der Waals surface area contributed by atoms with Crippen molar-refractivity contribution in [1.29, 1.82) is 0 Å². The molecule has 0 aromatic heterocycles. The van der Waals surface area contributed by atoms with Crippen molar-refractivity contribution >= 4 is 18.6 Å². The summed E-state index contributed by atoms with van der Waals surface area (Å²) in [4.78, 5) is 6.89. The summed E-state index contributed by atoms with van der Waals surface area (Å²) in [5, 5.41) is 16.1. The predicted molar refractivity (Wildman–Crippen MR) is 159 cm³/mol. The van der Waals surface area contributed by atoms with E-state index in [1.165, 1.54) is 16.7 Å². The topological polar surface area (TPSA) is 112 Å². The molecular weight excluding hydrogens is 532 g/mol. The predicted octanol–water partition coefficient (Wildman–Crippen LogP) is 1.40. The van der Waals surface area contributed by atoms with Crippen molar-refractivity contribution < 1.29 is 56.5 Å². The second-order valence-corrected chi connectivity index (χ2v) is 9.35. The first-order valence-corrected chi connectivity index (χ1v) is 12.6. The molecule has 1 heterocycles. The summed E-state index contributed by atoms with van der Waals surface area (Å²) in [6.45, 7) is 16.4. The molecule has 7 N–H and O–H groups in total. The summed E-state index contributed by atoms with van der Waals surface area (Å²) in [5.41, 5.74) is 16.3. The quantitative estimate of drug-likeness (QED) is 0.0727. The van der Waals surface area contributed by atoms with Gasteiger partial charge >= 0.3 is 51.4 Å². The summed E-state index contributed by atoms with van der Waals surface area (Å²) in [6, 6.07) is 23.9. The summed E-state index contributed by atoms with van der Waals surface area (Å²) >= 11 is 4.50. The Hall–Kier alpha value is -2.37. The van der Waals surface area contributed by atoms with Crippen LogP contribution in [-0.2, 0) is 19.6 Å². The van der Waals surface area contributed by atoms with Crippen LogP contribution in [0.1, 0.15) is 28.3 Å². The van der Waals surface area contributed by atoms with E-state index >= 15 is 0 Å². The Morgan fingerprint density at radius 2 is 1.72 bits per heavy atom. The van der Waals surface area contributed by atoms with E-state index in [1.54, 1.807) is 12.1 Å². The molecule has 0 saturated carbocycles. The van der Waals surface area contributed by atoms with Gasteiger partial charge < -0.3 is 34.1 Å². The first-order chi connectivity index (χ1) is 18.3. The second-order valence-electron chi connectivity index (χ2n) is 8.84. The Kier molecular flexibility index (Phi) is 14.0. The SMILES string of the molecule is C=C([CH-]NC(=C)C(c1ccccc1)N1Cc2ccc(S)cc2C1)NCc1ccc(O)cc1.[CH2-]CN=C(N)N.[K+]. The van der Waals surface area contributed by atoms with Crippen LogP contribution in [0.5, 0.6) is 5.75 Å². The zero-order valence-corrected chi connectivity index (χ0v) is 26.5. The molecular formula is C30H36KN6OS-. The molecule has 0 saturated heterocycles. The molecule has 4 rings (SSSR count). The fraction of sp³-hybridized carbons (Fsp3) is 0.167. The van der Waals surface area contributed by atoms with Crippen molar-refractivity contribution in [3.8, 4) is 5.75 Å². The zero-order valence-electron chi connectivity index (χ0n) is 22.5. The van der Waals surface area contributed by atoms with Gasteiger partial charge in [-0.25, -0.2) is 6.58 Å². The minimum absolute atomic E-state index is 0. The van der Waals surface area contributed by atoms with Crippen molar-refractivity contribution in [2.45, 2.75) is 30.6 Å². The molecule has 0 fully saturated rings. The first kappa shape index (κ1) is 32.8. The Bertz CT molecular complexity index is 1250. The molecule has 7 nitrogen and oxygen atoms in total. The van der Waals surface area contributed by atoms with Crippen molar-refractivity contribution in [3.05, 3.63) is 133 Å². The number of nitrogens with one attached hydrogen (secondary N) is 2. The number of aromatic hydroxyl groups is 1. The third-order valence-electron chi connectivity index (χ3n) is 5.93. The molecule has 3 aromatic carbocycles. The average molecular weight is 568 g/mol. The zero-order chi connectivity index (χ0) is 27.5. The van der Waals surface area contributed by atoms with Crippen LogP contribution in [0.4, 0.5) is 0 Å². The number of guanidine groups is 1. The molecule has 3 aromatic rings.